The van der Waals surface area contributed by atoms with E-state index in [2.05, 4.69) is 27.5 Å². The first-order valence-corrected chi connectivity index (χ1v) is 8.44. The van der Waals surface area contributed by atoms with Crippen LogP contribution < -0.4 is 4.74 Å². The maximum atomic E-state index is 12.3. The Labute approximate surface area is 161 Å². The van der Waals surface area contributed by atoms with Crippen LogP contribution in [0.4, 0.5) is 5.69 Å². The largest absolute Gasteiger partial charge is 0.496 e. The lowest BCUT2D eigenvalue weighted by Gasteiger charge is -2.03. The Hall–Kier alpha value is -3.20. The number of nitro benzene ring substituents is 1. The highest BCUT2D eigenvalue weighted by molar-refractivity contribution is 9.10. The van der Waals surface area contributed by atoms with Gasteiger partial charge in [0.2, 0.25) is 5.89 Å². The fourth-order valence-corrected chi connectivity index (χ4v) is 2.95. The second-order valence-electron chi connectivity index (χ2n) is 5.35. The molecule has 0 saturated carbocycles. The molecule has 0 saturated heterocycles. The third-order valence-electron chi connectivity index (χ3n) is 3.64. The number of hydrogen-bond donors (Lipinski definition) is 0. The minimum absolute atomic E-state index is 0.0323. The second-order valence-corrected chi connectivity index (χ2v) is 6.21. The minimum Gasteiger partial charge on any atom is -0.496 e. The number of non-ortho nitro benzene ring substituents is 1. The zero-order valence-electron chi connectivity index (χ0n) is 14.1. The first kappa shape index (κ1) is 18.6. The topological polar surface area (TPSA) is 105 Å². The van der Waals surface area contributed by atoms with E-state index in [0.717, 1.165) is 6.07 Å². The van der Waals surface area contributed by atoms with E-state index in [1.165, 1.54) is 12.1 Å². The van der Waals surface area contributed by atoms with Crippen molar-refractivity contribution in [2.75, 3.05) is 13.7 Å². The monoisotopic (exact) mass is 432 g/mol. The predicted molar refractivity (Wildman–Crippen MR) is 101 cm³/mol. The molecule has 0 aliphatic heterocycles. The highest BCUT2D eigenvalue weighted by Crippen LogP contribution is 2.34. The normalized spacial score (nSPS) is 10.6. The number of halogens is 1. The van der Waals surface area contributed by atoms with Crippen molar-refractivity contribution in [1.82, 2.24) is 4.98 Å². The molecule has 27 heavy (non-hydrogen) atoms. The van der Waals surface area contributed by atoms with Gasteiger partial charge in [-0.15, -0.1) is 0 Å². The van der Waals surface area contributed by atoms with Gasteiger partial charge in [-0.05, 0) is 34.1 Å². The molecular weight excluding hydrogens is 420 g/mol. The highest BCUT2D eigenvalue weighted by Gasteiger charge is 2.23. The first-order valence-electron chi connectivity index (χ1n) is 7.65. The van der Waals surface area contributed by atoms with E-state index in [0.29, 0.717) is 15.8 Å². The van der Waals surface area contributed by atoms with Crippen molar-refractivity contribution in [3.8, 4) is 17.2 Å². The number of rotatable bonds is 6. The Morgan fingerprint density at radius 1 is 1.41 bits per heavy atom. The number of nitrogens with zero attached hydrogens (tertiary/aromatic N) is 2. The Balaban J connectivity index is 2.15. The number of nitro groups is 1. The maximum Gasteiger partial charge on any atom is 0.342 e. The van der Waals surface area contributed by atoms with Gasteiger partial charge in [-0.25, -0.2) is 9.78 Å². The molecule has 0 aliphatic rings. The van der Waals surface area contributed by atoms with Gasteiger partial charge in [0.1, 0.15) is 23.4 Å². The van der Waals surface area contributed by atoms with Crippen molar-refractivity contribution >= 4 is 38.7 Å². The zero-order chi connectivity index (χ0) is 19.6. The van der Waals surface area contributed by atoms with E-state index in [9.17, 15) is 14.9 Å². The molecule has 0 atom stereocenters. The van der Waals surface area contributed by atoms with Crippen LogP contribution in [0.5, 0.6) is 5.75 Å². The number of carbonyl (C=O) groups is 1. The lowest BCUT2D eigenvalue weighted by atomic mass is 10.1. The molecule has 0 bridgehead atoms. The quantitative estimate of drug-likeness (QED) is 0.244. The van der Waals surface area contributed by atoms with Crippen LogP contribution in [0.25, 0.3) is 22.6 Å². The predicted octanol–water partition coefficient (Wildman–Crippen LogP) is 4.52. The van der Waals surface area contributed by atoms with Crippen LogP contribution in [0.15, 0.2) is 51.9 Å². The van der Waals surface area contributed by atoms with E-state index in [-0.39, 0.29) is 34.8 Å². The lowest BCUT2D eigenvalue weighted by Crippen LogP contribution is -2.06. The molecular formula is C18H13BrN2O6. The number of aromatic nitrogens is 1. The molecule has 3 aromatic rings. The molecule has 9 heteroatoms. The number of methoxy groups -OCH3 is 1. The molecule has 1 heterocycles. The minimum atomic E-state index is -0.762. The summed E-state index contributed by atoms with van der Waals surface area (Å²) in [6.45, 7) is 3.43. The van der Waals surface area contributed by atoms with Gasteiger partial charge in [0.05, 0.1) is 16.5 Å². The SMILES string of the molecule is C=CCOC(=O)c1cc([N+](=O)[O-])cc2nc(-c3ccc(OC)c(Br)c3)oc12. The van der Waals surface area contributed by atoms with Gasteiger partial charge in [-0.3, -0.25) is 10.1 Å². The highest BCUT2D eigenvalue weighted by atomic mass is 79.9. The third kappa shape index (κ3) is 3.68. The standard InChI is InChI=1S/C18H13BrN2O6/c1-3-6-26-18(22)12-8-11(21(23)24)9-14-16(12)27-17(20-14)10-4-5-15(25-2)13(19)7-10/h3-5,7-9H,1,6H2,2H3. The molecule has 1 aromatic heterocycles. The summed E-state index contributed by atoms with van der Waals surface area (Å²) in [6.07, 6.45) is 1.40. The van der Waals surface area contributed by atoms with Gasteiger partial charge in [0, 0.05) is 17.7 Å². The number of ether oxygens (including phenoxy) is 2. The molecule has 0 aliphatic carbocycles. The number of hydrogen-bond acceptors (Lipinski definition) is 7. The summed E-state index contributed by atoms with van der Waals surface area (Å²) in [6, 6.07) is 7.51. The number of esters is 1. The van der Waals surface area contributed by atoms with Gasteiger partial charge in [-0.2, -0.15) is 0 Å². The molecule has 0 amide bonds. The zero-order valence-corrected chi connectivity index (χ0v) is 15.7. The van der Waals surface area contributed by atoms with Gasteiger partial charge in [-0.1, -0.05) is 12.7 Å². The second kappa shape index (κ2) is 7.58. The molecule has 0 fully saturated rings. The number of carbonyl (C=O) groups excluding carboxylic acids is 1. The van der Waals surface area contributed by atoms with Crippen LogP contribution in [0.2, 0.25) is 0 Å². The summed E-state index contributed by atoms with van der Waals surface area (Å²) < 4.78 is 16.6. The molecule has 3 rings (SSSR count). The summed E-state index contributed by atoms with van der Waals surface area (Å²) in [4.78, 5) is 27.1. The van der Waals surface area contributed by atoms with E-state index in [1.807, 2.05) is 0 Å². The summed E-state index contributed by atoms with van der Waals surface area (Å²) in [5, 5.41) is 11.2. The van der Waals surface area contributed by atoms with E-state index in [4.69, 9.17) is 13.9 Å². The molecule has 0 unspecified atom stereocenters. The van der Waals surface area contributed by atoms with Crippen molar-refractivity contribution in [1.29, 1.82) is 0 Å². The van der Waals surface area contributed by atoms with Crippen LogP contribution >= 0.6 is 15.9 Å². The van der Waals surface area contributed by atoms with Gasteiger partial charge in [0.25, 0.3) is 5.69 Å². The van der Waals surface area contributed by atoms with E-state index < -0.39 is 10.9 Å². The van der Waals surface area contributed by atoms with Crippen molar-refractivity contribution in [3.63, 3.8) is 0 Å². The molecule has 0 radical (unpaired) electrons. The Morgan fingerprint density at radius 2 is 2.19 bits per heavy atom. The molecule has 0 spiro atoms. The Morgan fingerprint density at radius 3 is 2.81 bits per heavy atom. The van der Waals surface area contributed by atoms with Crippen LogP contribution in [0.3, 0.4) is 0 Å². The lowest BCUT2D eigenvalue weighted by molar-refractivity contribution is -0.384. The Kier molecular flexibility index (Phi) is 5.22. The summed E-state index contributed by atoms with van der Waals surface area (Å²) in [5.74, 6) is 0.0630. The molecule has 0 N–H and O–H groups in total. The van der Waals surface area contributed by atoms with Crippen LogP contribution in [-0.4, -0.2) is 29.6 Å². The number of fused-ring (bicyclic) bond motifs is 1. The van der Waals surface area contributed by atoms with Crippen molar-refractivity contribution in [3.05, 3.63) is 63.1 Å². The maximum absolute atomic E-state index is 12.3. The van der Waals surface area contributed by atoms with Crippen LogP contribution in [-0.2, 0) is 4.74 Å². The summed E-state index contributed by atoms with van der Waals surface area (Å²) in [7, 11) is 1.54. The van der Waals surface area contributed by atoms with Crippen molar-refractivity contribution in [2.24, 2.45) is 0 Å². The average molecular weight is 433 g/mol. The number of benzene rings is 2. The number of oxazole rings is 1. The van der Waals surface area contributed by atoms with E-state index in [1.54, 1.807) is 25.3 Å². The van der Waals surface area contributed by atoms with Gasteiger partial charge in [0.15, 0.2) is 5.58 Å². The van der Waals surface area contributed by atoms with Crippen LogP contribution in [0.1, 0.15) is 10.4 Å². The summed E-state index contributed by atoms with van der Waals surface area (Å²) >= 11 is 3.38. The van der Waals surface area contributed by atoms with Crippen molar-refractivity contribution < 1.29 is 23.6 Å². The molecule has 8 nitrogen and oxygen atoms in total. The first-order chi connectivity index (χ1) is 12.9. The molecule has 138 valence electrons. The smallest absolute Gasteiger partial charge is 0.342 e. The van der Waals surface area contributed by atoms with E-state index >= 15 is 0 Å². The summed E-state index contributed by atoms with van der Waals surface area (Å²) in [5.41, 5.74) is 0.524. The third-order valence-corrected chi connectivity index (χ3v) is 4.26. The fourth-order valence-electron chi connectivity index (χ4n) is 2.41. The van der Waals surface area contributed by atoms with Crippen molar-refractivity contribution in [2.45, 2.75) is 0 Å². The fraction of sp³-hybridized carbons (Fsp3) is 0.111. The Bertz CT molecular complexity index is 1060. The average Bonchev–Trinajstić information content (AvgIpc) is 3.09. The van der Waals surface area contributed by atoms with Gasteiger partial charge >= 0.3 is 5.97 Å². The van der Waals surface area contributed by atoms with Gasteiger partial charge < -0.3 is 13.9 Å². The molecule has 2 aromatic carbocycles. The van der Waals surface area contributed by atoms with Crippen LogP contribution in [0, 0.1) is 10.1 Å².